The van der Waals surface area contributed by atoms with Crippen molar-refractivity contribution in [3.05, 3.63) is 29.8 Å². The van der Waals surface area contributed by atoms with Crippen molar-refractivity contribution in [2.75, 3.05) is 17.1 Å². The molecule has 1 aromatic carbocycles. The summed E-state index contributed by atoms with van der Waals surface area (Å²) in [6, 6.07) is 4.21. The topological polar surface area (TPSA) is 66.5 Å². The van der Waals surface area contributed by atoms with Crippen molar-refractivity contribution in [1.82, 2.24) is 5.32 Å². The van der Waals surface area contributed by atoms with Crippen LogP contribution < -0.4 is 9.62 Å². The van der Waals surface area contributed by atoms with E-state index >= 15 is 0 Å². The Morgan fingerprint density at radius 1 is 1.23 bits per heavy atom. The summed E-state index contributed by atoms with van der Waals surface area (Å²) in [7, 11) is -3.78. The van der Waals surface area contributed by atoms with Crippen LogP contribution >= 0.6 is 0 Å². The lowest BCUT2D eigenvalue weighted by Crippen LogP contribution is -2.35. The van der Waals surface area contributed by atoms with Gasteiger partial charge in [-0.15, -0.1) is 0 Å². The van der Waals surface area contributed by atoms with Gasteiger partial charge in [0.2, 0.25) is 15.9 Å². The van der Waals surface area contributed by atoms with Crippen LogP contribution in [0.4, 0.5) is 18.9 Å². The van der Waals surface area contributed by atoms with Gasteiger partial charge < -0.3 is 5.32 Å². The average molecular weight is 394 g/mol. The summed E-state index contributed by atoms with van der Waals surface area (Å²) in [6.45, 7) is 3.83. The molecule has 26 heavy (non-hydrogen) atoms. The van der Waals surface area contributed by atoms with Gasteiger partial charge in [0.25, 0.3) is 0 Å². The number of nitrogens with zero attached hydrogens (tertiary/aromatic N) is 1. The van der Waals surface area contributed by atoms with Gasteiger partial charge >= 0.3 is 6.18 Å². The first-order valence-electron chi connectivity index (χ1n) is 8.43. The highest BCUT2D eigenvalue weighted by molar-refractivity contribution is 7.92. The third-order valence-corrected chi connectivity index (χ3v) is 5.17. The van der Waals surface area contributed by atoms with E-state index in [1.165, 1.54) is 6.07 Å². The van der Waals surface area contributed by atoms with Gasteiger partial charge in [-0.05, 0) is 37.5 Å². The van der Waals surface area contributed by atoms with Crippen LogP contribution in [0.15, 0.2) is 24.3 Å². The molecule has 0 unspecified atom stereocenters. The summed E-state index contributed by atoms with van der Waals surface area (Å²) in [5.41, 5.74) is -0.988. The molecule has 0 radical (unpaired) electrons. The Kier molecular flexibility index (Phi) is 7.92. The quantitative estimate of drug-likeness (QED) is 0.696. The van der Waals surface area contributed by atoms with Gasteiger partial charge in [0.05, 0.1) is 17.5 Å². The number of rotatable bonds is 9. The fourth-order valence-electron chi connectivity index (χ4n) is 2.50. The zero-order valence-corrected chi connectivity index (χ0v) is 16.0. The zero-order chi connectivity index (χ0) is 20.0. The predicted octanol–water partition coefficient (Wildman–Crippen LogP) is 3.56. The second-order valence-electron chi connectivity index (χ2n) is 6.07. The van der Waals surface area contributed by atoms with Gasteiger partial charge in [0, 0.05) is 19.0 Å². The molecular formula is C17H25F3N2O3S. The molecule has 148 valence electrons. The number of anilines is 1. The maximum absolute atomic E-state index is 12.9. The van der Waals surface area contributed by atoms with E-state index < -0.39 is 21.8 Å². The molecule has 9 heteroatoms. The largest absolute Gasteiger partial charge is 0.416 e. The molecule has 0 aliphatic heterocycles. The summed E-state index contributed by atoms with van der Waals surface area (Å²) in [6.07, 6.45) is -1.74. The molecule has 0 atom stereocenters. The van der Waals surface area contributed by atoms with Crippen molar-refractivity contribution >= 4 is 21.6 Å². The Morgan fingerprint density at radius 2 is 1.85 bits per heavy atom. The van der Waals surface area contributed by atoms with E-state index in [1.807, 2.05) is 13.8 Å². The minimum Gasteiger partial charge on any atom is -0.353 e. The number of sulfonamides is 1. The van der Waals surface area contributed by atoms with Crippen molar-refractivity contribution in [3.8, 4) is 0 Å². The molecule has 0 heterocycles. The molecule has 0 saturated carbocycles. The first kappa shape index (κ1) is 22.3. The van der Waals surface area contributed by atoms with Gasteiger partial charge in [-0.25, -0.2) is 8.42 Å². The number of carbonyl (C=O) groups excluding carboxylic acids is 1. The number of carbonyl (C=O) groups is 1. The van der Waals surface area contributed by atoms with Gasteiger partial charge in [-0.2, -0.15) is 13.2 Å². The fourth-order valence-corrected chi connectivity index (χ4v) is 3.46. The van der Waals surface area contributed by atoms with E-state index in [-0.39, 0.29) is 37.0 Å². The molecule has 5 nitrogen and oxygen atoms in total. The maximum Gasteiger partial charge on any atom is 0.416 e. The average Bonchev–Trinajstić information content (AvgIpc) is 2.54. The first-order valence-corrected chi connectivity index (χ1v) is 10.3. The highest BCUT2D eigenvalue weighted by Gasteiger charge is 2.31. The SMILES string of the molecule is CCC(CC)NC(=O)CCCN(c1cccc(C(F)(F)F)c1)S(C)(=O)=O. The molecule has 0 aliphatic carbocycles. The van der Waals surface area contributed by atoms with E-state index in [4.69, 9.17) is 0 Å². The minimum absolute atomic E-state index is 0.0666. The van der Waals surface area contributed by atoms with Gasteiger partial charge in [-0.1, -0.05) is 19.9 Å². The van der Waals surface area contributed by atoms with Gasteiger partial charge in [0.15, 0.2) is 0 Å². The first-order chi connectivity index (χ1) is 12.0. The molecule has 1 aromatic rings. The van der Waals surface area contributed by atoms with E-state index in [9.17, 15) is 26.4 Å². The Morgan fingerprint density at radius 3 is 2.35 bits per heavy atom. The molecule has 1 amide bonds. The monoisotopic (exact) mass is 394 g/mol. The number of amides is 1. The van der Waals surface area contributed by atoms with E-state index in [2.05, 4.69) is 5.32 Å². The number of hydrogen-bond acceptors (Lipinski definition) is 3. The number of halogens is 3. The zero-order valence-electron chi connectivity index (χ0n) is 15.1. The lowest BCUT2D eigenvalue weighted by Gasteiger charge is -2.23. The number of benzene rings is 1. The molecule has 0 aliphatic rings. The molecule has 1 N–H and O–H groups in total. The van der Waals surface area contributed by atoms with Crippen LogP contribution in [0.5, 0.6) is 0 Å². The normalized spacial score (nSPS) is 12.3. The summed E-state index contributed by atoms with van der Waals surface area (Å²) in [5, 5.41) is 2.84. The Bertz CT molecular complexity index is 701. The molecule has 0 fully saturated rings. The molecule has 1 rings (SSSR count). The summed E-state index contributed by atoms with van der Waals surface area (Å²) < 4.78 is 63.4. The Labute approximate surface area is 152 Å². The standard InChI is InChI=1S/C17H25F3N2O3S/c1-4-14(5-2)21-16(23)10-7-11-22(26(3,24)25)15-9-6-8-13(12-15)17(18,19)20/h6,8-9,12,14H,4-5,7,10-11H2,1-3H3,(H,21,23). The summed E-state index contributed by atoms with van der Waals surface area (Å²) in [4.78, 5) is 11.9. The number of alkyl halides is 3. The second-order valence-corrected chi connectivity index (χ2v) is 7.97. The summed E-state index contributed by atoms with van der Waals surface area (Å²) >= 11 is 0. The Balaban J connectivity index is 2.83. The predicted molar refractivity (Wildman–Crippen MR) is 95.4 cm³/mol. The van der Waals surface area contributed by atoms with Crippen LogP contribution in [0.3, 0.4) is 0 Å². The highest BCUT2D eigenvalue weighted by Crippen LogP contribution is 2.32. The van der Waals surface area contributed by atoms with Crippen molar-refractivity contribution < 1.29 is 26.4 Å². The third kappa shape index (κ3) is 6.86. The Hall–Kier alpha value is -1.77. The molecular weight excluding hydrogens is 369 g/mol. The van der Waals surface area contributed by atoms with E-state index in [1.54, 1.807) is 0 Å². The molecule has 0 spiro atoms. The van der Waals surface area contributed by atoms with Crippen LogP contribution in [0, 0.1) is 0 Å². The fraction of sp³-hybridized carbons (Fsp3) is 0.588. The van der Waals surface area contributed by atoms with Gasteiger partial charge in [0.1, 0.15) is 0 Å². The van der Waals surface area contributed by atoms with Crippen molar-refractivity contribution in [1.29, 1.82) is 0 Å². The van der Waals surface area contributed by atoms with Crippen molar-refractivity contribution in [3.63, 3.8) is 0 Å². The summed E-state index contributed by atoms with van der Waals surface area (Å²) in [5.74, 6) is -0.198. The van der Waals surface area contributed by atoms with Crippen LogP contribution in [0.2, 0.25) is 0 Å². The van der Waals surface area contributed by atoms with Crippen molar-refractivity contribution in [2.24, 2.45) is 0 Å². The van der Waals surface area contributed by atoms with E-state index in [0.717, 1.165) is 41.6 Å². The van der Waals surface area contributed by atoms with Crippen LogP contribution in [0.1, 0.15) is 45.1 Å². The van der Waals surface area contributed by atoms with E-state index in [0.29, 0.717) is 0 Å². The highest BCUT2D eigenvalue weighted by atomic mass is 32.2. The molecule has 0 bridgehead atoms. The van der Waals surface area contributed by atoms with Gasteiger partial charge in [-0.3, -0.25) is 9.10 Å². The number of nitrogens with one attached hydrogen (secondary N) is 1. The smallest absolute Gasteiger partial charge is 0.353 e. The van der Waals surface area contributed by atoms with Crippen LogP contribution in [-0.4, -0.2) is 33.2 Å². The second kappa shape index (κ2) is 9.25. The van der Waals surface area contributed by atoms with Crippen molar-refractivity contribution in [2.45, 2.75) is 51.7 Å². The third-order valence-electron chi connectivity index (χ3n) is 3.98. The minimum atomic E-state index is -4.56. The maximum atomic E-state index is 12.9. The number of hydrogen-bond donors (Lipinski definition) is 1. The van der Waals surface area contributed by atoms with Crippen LogP contribution in [-0.2, 0) is 21.0 Å². The lowest BCUT2D eigenvalue weighted by atomic mass is 10.1. The lowest BCUT2D eigenvalue weighted by molar-refractivity contribution is -0.137. The molecule has 0 aromatic heterocycles. The molecule has 0 saturated heterocycles. The van der Waals surface area contributed by atoms with Crippen LogP contribution in [0.25, 0.3) is 0 Å².